The van der Waals surface area contributed by atoms with E-state index in [1.54, 1.807) is 21.6 Å². The molecular weight excluding hydrogens is 376 g/mol. The number of rotatable bonds is 5. The minimum absolute atomic E-state index is 0.236. The van der Waals surface area contributed by atoms with Gasteiger partial charge in [-0.3, -0.25) is 9.48 Å². The van der Waals surface area contributed by atoms with Crippen molar-refractivity contribution in [3.05, 3.63) is 70.8 Å². The summed E-state index contributed by atoms with van der Waals surface area (Å²) in [5.41, 5.74) is 4.58. The number of halogens is 1. The van der Waals surface area contributed by atoms with Crippen LogP contribution in [0.3, 0.4) is 0 Å². The lowest BCUT2D eigenvalue weighted by Crippen LogP contribution is -2.23. The zero-order valence-corrected chi connectivity index (χ0v) is 16.3. The van der Waals surface area contributed by atoms with Crippen LogP contribution >= 0.6 is 11.6 Å². The molecule has 0 fully saturated rings. The van der Waals surface area contributed by atoms with Gasteiger partial charge in [-0.1, -0.05) is 41.4 Å². The van der Waals surface area contributed by atoms with Gasteiger partial charge in [0.25, 0.3) is 5.91 Å². The first kappa shape index (κ1) is 18.2. The van der Waals surface area contributed by atoms with Crippen LogP contribution in [0.25, 0.3) is 16.9 Å². The standard InChI is InChI=1S/C20H19ClN6O/c1-3-26-12-16(21)17(25-26)11-23-20(28)15-10-24-27-18(8-9-22-19(15)27)14-6-4-13(2)5-7-14/h4-10,12H,3,11H2,1-2H3,(H,23,28). The number of carbonyl (C=O) groups is 1. The number of aromatic nitrogens is 5. The second kappa shape index (κ2) is 7.44. The van der Waals surface area contributed by atoms with Gasteiger partial charge in [0.05, 0.1) is 23.5 Å². The highest BCUT2D eigenvalue weighted by atomic mass is 35.5. The van der Waals surface area contributed by atoms with Crippen LogP contribution in [0.5, 0.6) is 0 Å². The third-order valence-corrected chi connectivity index (χ3v) is 4.84. The quantitative estimate of drug-likeness (QED) is 0.562. The minimum atomic E-state index is -0.273. The highest BCUT2D eigenvalue weighted by Crippen LogP contribution is 2.21. The fourth-order valence-electron chi connectivity index (χ4n) is 2.97. The summed E-state index contributed by atoms with van der Waals surface area (Å²) in [6, 6.07) is 10.0. The van der Waals surface area contributed by atoms with Crippen molar-refractivity contribution >= 4 is 23.2 Å². The molecule has 0 saturated carbocycles. The van der Waals surface area contributed by atoms with Crippen molar-refractivity contribution < 1.29 is 4.79 Å². The largest absolute Gasteiger partial charge is 0.346 e. The SMILES string of the molecule is CCn1cc(Cl)c(CNC(=O)c2cnn3c(-c4ccc(C)cc4)ccnc23)n1. The maximum absolute atomic E-state index is 12.7. The lowest BCUT2D eigenvalue weighted by Gasteiger charge is -2.06. The first-order chi connectivity index (χ1) is 13.6. The Labute approximate surface area is 167 Å². The average Bonchev–Trinajstić information content (AvgIpc) is 3.30. The van der Waals surface area contributed by atoms with Gasteiger partial charge in [-0.15, -0.1) is 0 Å². The van der Waals surface area contributed by atoms with Gasteiger partial charge >= 0.3 is 0 Å². The fourth-order valence-corrected chi connectivity index (χ4v) is 3.19. The lowest BCUT2D eigenvalue weighted by atomic mass is 10.1. The van der Waals surface area contributed by atoms with Gasteiger partial charge in [0.15, 0.2) is 5.65 Å². The van der Waals surface area contributed by atoms with Crippen LogP contribution in [-0.4, -0.2) is 30.3 Å². The van der Waals surface area contributed by atoms with Gasteiger partial charge in [0, 0.05) is 24.5 Å². The average molecular weight is 395 g/mol. The second-order valence-electron chi connectivity index (χ2n) is 6.45. The maximum Gasteiger partial charge on any atom is 0.257 e. The van der Waals surface area contributed by atoms with Crippen LogP contribution < -0.4 is 5.32 Å². The third-order valence-electron chi connectivity index (χ3n) is 4.52. The predicted octanol–water partition coefficient (Wildman–Crippen LogP) is 3.50. The van der Waals surface area contributed by atoms with Crippen molar-refractivity contribution in [3.63, 3.8) is 0 Å². The summed E-state index contributed by atoms with van der Waals surface area (Å²) in [6.45, 7) is 4.97. The number of hydrogen-bond donors (Lipinski definition) is 1. The summed E-state index contributed by atoms with van der Waals surface area (Å²) in [5, 5.41) is 12.1. The van der Waals surface area contributed by atoms with E-state index in [0.29, 0.717) is 28.5 Å². The number of amides is 1. The molecule has 0 aliphatic carbocycles. The summed E-state index contributed by atoms with van der Waals surface area (Å²) < 4.78 is 3.41. The van der Waals surface area contributed by atoms with E-state index in [1.165, 1.54) is 11.8 Å². The van der Waals surface area contributed by atoms with E-state index < -0.39 is 0 Å². The van der Waals surface area contributed by atoms with Gasteiger partial charge in [-0.2, -0.15) is 10.2 Å². The Balaban J connectivity index is 1.60. The van der Waals surface area contributed by atoms with Crippen molar-refractivity contribution in [2.75, 3.05) is 0 Å². The third kappa shape index (κ3) is 3.36. The molecule has 1 N–H and O–H groups in total. The molecule has 0 unspecified atom stereocenters. The van der Waals surface area contributed by atoms with Gasteiger partial charge in [-0.25, -0.2) is 9.50 Å². The number of carbonyl (C=O) groups excluding carboxylic acids is 1. The van der Waals surface area contributed by atoms with E-state index in [2.05, 4.69) is 20.5 Å². The maximum atomic E-state index is 12.7. The van der Waals surface area contributed by atoms with E-state index in [-0.39, 0.29) is 12.5 Å². The minimum Gasteiger partial charge on any atom is -0.346 e. The molecule has 28 heavy (non-hydrogen) atoms. The van der Waals surface area contributed by atoms with Crippen molar-refractivity contribution in [1.29, 1.82) is 0 Å². The van der Waals surface area contributed by atoms with Crippen LogP contribution in [0, 0.1) is 6.92 Å². The number of nitrogens with zero attached hydrogens (tertiary/aromatic N) is 5. The Morgan fingerprint density at radius 2 is 2.00 bits per heavy atom. The van der Waals surface area contributed by atoms with Gasteiger partial charge < -0.3 is 5.32 Å². The van der Waals surface area contributed by atoms with Crippen molar-refractivity contribution in [2.45, 2.75) is 26.9 Å². The molecule has 0 aliphatic rings. The van der Waals surface area contributed by atoms with Gasteiger partial charge in [-0.05, 0) is 19.9 Å². The van der Waals surface area contributed by atoms with Crippen molar-refractivity contribution in [1.82, 2.24) is 29.7 Å². The monoisotopic (exact) mass is 394 g/mol. The molecule has 1 amide bonds. The van der Waals surface area contributed by atoms with Crippen LogP contribution in [0.4, 0.5) is 0 Å². The molecule has 0 radical (unpaired) electrons. The van der Waals surface area contributed by atoms with E-state index in [0.717, 1.165) is 11.3 Å². The molecule has 1 aromatic carbocycles. The van der Waals surface area contributed by atoms with Crippen molar-refractivity contribution in [2.24, 2.45) is 0 Å². The van der Waals surface area contributed by atoms with Crippen LogP contribution in [0.15, 0.2) is 48.9 Å². The number of nitrogens with one attached hydrogen (secondary N) is 1. The Morgan fingerprint density at radius 1 is 1.21 bits per heavy atom. The molecule has 3 aromatic heterocycles. The Kier molecular flexibility index (Phi) is 4.83. The van der Waals surface area contributed by atoms with E-state index in [4.69, 9.17) is 11.6 Å². The molecule has 142 valence electrons. The normalized spacial score (nSPS) is 11.1. The summed E-state index contributed by atoms with van der Waals surface area (Å²) >= 11 is 6.16. The summed E-state index contributed by atoms with van der Waals surface area (Å²) in [6.07, 6.45) is 4.96. The van der Waals surface area contributed by atoms with Crippen LogP contribution in [0.1, 0.15) is 28.5 Å². The topological polar surface area (TPSA) is 77.1 Å². The molecule has 4 rings (SSSR count). The Morgan fingerprint density at radius 3 is 2.71 bits per heavy atom. The first-order valence-corrected chi connectivity index (χ1v) is 9.34. The molecule has 0 atom stereocenters. The van der Waals surface area contributed by atoms with Crippen molar-refractivity contribution in [3.8, 4) is 11.3 Å². The van der Waals surface area contributed by atoms with Gasteiger partial charge in [0.1, 0.15) is 11.3 Å². The number of hydrogen-bond acceptors (Lipinski definition) is 4. The molecule has 0 spiro atoms. The second-order valence-corrected chi connectivity index (χ2v) is 6.86. The number of fused-ring (bicyclic) bond motifs is 1. The highest BCUT2D eigenvalue weighted by molar-refractivity contribution is 6.31. The summed E-state index contributed by atoms with van der Waals surface area (Å²) in [5.74, 6) is -0.273. The zero-order chi connectivity index (χ0) is 19.7. The lowest BCUT2D eigenvalue weighted by molar-refractivity contribution is 0.0952. The molecule has 3 heterocycles. The fraction of sp³-hybridized carbons (Fsp3) is 0.200. The molecule has 0 bridgehead atoms. The predicted molar refractivity (Wildman–Crippen MR) is 107 cm³/mol. The van der Waals surface area contributed by atoms with Crippen LogP contribution in [-0.2, 0) is 13.1 Å². The van der Waals surface area contributed by atoms with E-state index in [1.807, 2.05) is 44.2 Å². The molecule has 7 nitrogen and oxygen atoms in total. The molecule has 0 saturated heterocycles. The first-order valence-electron chi connectivity index (χ1n) is 8.96. The smallest absolute Gasteiger partial charge is 0.257 e. The molecule has 4 aromatic rings. The summed E-state index contributed by atoms with van der Waals surface area (Å²) in [4.78, 5) is 17.0. The van der Waals surface area contributed by atoms with E-state index >= 15 is 0 Å². The molecule has 0 aliphatic heterocycles. The summed E-state index contributed by atoms with van der Waals surface area (Å²) in [7, 11) is 0. The Bertz CT molecular complexity index is 1150. The Hall–Kier alpha value is -3.19. The highest BCUT2D eigenvalue weighted by Gasteiger charge is 2.17. The molecule has 8 heteroatoms. The van der Waals surface area contributed by atoms with Gasteiger partial charge in [0.2, 0.25) is 0 Å². The van der Waals surface area contributed by atoms with E-state index in [9.17, 15) is 4.79 Å². The zero-order valence-electron chi connectivity index (χ0n) is 15.6. The molecular formula is C20H19ClN6O. The number of aryl methyl sites for hydroxylation is 2. The van der Waals surface area contributed by atoms with Crippen LogP contribution in [0.2, 0.25) is 5.02 Å². The number of benzene rings is 1.